The summed E-state index contributed by atoms with van der Waals surface area (Å²) in [6, 6.07) is 12.2. The summed E-state index contributed by atoms with van der Waals surface area (Å²) in [4.78, 5) is 24.8. The number of ether oxygens (including phenoxy) is 2. The van der Waals surface area contributed by atoms with E-state index in [1.807, 2.05) is 32.2 Å². The third-order valence-corrected chi connectivity index (χ3v) is 5.69. The number of aromatic nitrogens is 1. The summed E-state index contributed by atoms with van der Waals surface area (Å²) in [6.45, 7) is 3.54. The van der Waals surface area contributed by atoms with Crippen molar-refractivity contribution in [1.82, 2.24) is 20.8 Å². The van der Waals surface area contributed by atoms with Crippen molar-refractivity contribution < 1.29 is 19.1 Å². The van der Waals surface area contributed by atoms with Gasteiger partial charge < -0.3 is 30.5 Å². The zero-order valence-corrected chi connectivity index (χ0v) is 20.2. The maximum atomic E-state index is 12.5. The molecule has 34 heavy (non-hydrogen) atoms. The fraction of sp³-hybridized carbons (Fsp3) is 0.304. The molecule has 2 aromatic carbocycles. The van der Waals surface area contributed by atoms with Gasteiger partial charge in [-0.1, -0.05) is 17.7 Å². The lowest BCUT2D eigenvalue weighted by atomic mass is 10.1. The van der Waals surface area contributed by atoms with Crippen LogP contribution in [0.15, 0.2) is 42.5 Å². The first-order chi connectivity index (χ1) is 16.2. The Morgan fingerprint density at radius 2 is 1.94 bits per heavy atom. The molecule has 3 aromatic rings. The third kappa shape index (κ3) is 5.71. The number of fused-ring (bicyclic) bond motifs is 1. The summed E-state index contributed by atoms with van der Waals surface area (Å²) in [5.74, 6) is -0.343. The van der Waals surface area contributed by atoms with E-state index in [0.29, 0.717) is 16.3 Å². The molecular formula is C23H29ClN6O4. The van der Waals surface area contributed by atoms with Gasteiger partial charge in [-0.2, -0.15) is 0 Å². The van der Waals surface area contributed by atoms with Crippen molar-refractivity contribution in [2.24, 2.45) is 12.8 Å². The van der Waals surface area contributed by atoms with Crippen molar-refractivity contribution in [1.29, 1.82) is 0 Å². The number of halogens is 1. The van der Waals surface area contributed by atoms with E-state index >= 15 is 0 Å². The standard InChI is InChI=1S/C23H29ClN6O4/c1-14-9-16-10-18(7-8-19(16)30(14)3)27-29-28-22(32)26-13-23(2,21(31)33-4)34-20-11-17(24)6-5-15(20)12-25/h5-11,27,29H,12-13,25H2,1-4H3,(H2,26,28,32). The first-order valence-electron chi connectivity index (χ1n) is 10.5. The molecule has 0 aliphatic rings. The molecule has 11 heteroatoms. The molecule has 0 saturated carbocycles. The fourth-order valence-electron chi connectivity index (χ4n) is 3.42. The molecule has 0 fully saturated rings. The van der Waals surface area contributed by atoms with Crippen LogP contribution in [0, 0.1) is 6.92 Å². The number of nitrogens with one attached hydrogen (secondary N) is 4. The minimum Gasteiger partial charge on any atom is -0.474 e. The zero-order chi connectivity index (χ0) is 24.9. The number of aryl methyl sites for hydroxylation is 2. The van der Waals surface area contributed by atoms with Crippen molar-refractivity contribution in [2.45, 2.75) is 26.0 Å². The average Bonchev–Trinajstić information content (AvgIpc) is 3.10. The van der Waals surface area contributed by atoms with E-state index in [-0.39, 0.29) is 13.1 Å². The smallest absolute Gasteiger partial charge is 0.351 e. The second-order valence-electron chi connectivity index (χ2n) is 7.96. The largest absolute Gasteiger partial charge is 0.474 e. The molecule has 1 heterocycles. The lowest BCUT2D eigenvalue weighted by molar-refractivity contribution is -0.157. The number of hydrazine groups is 2. The minimum absolute atomic E-state index is 0.182. The summed E-state index contributed by atoms with van der Waals surface area (Å²) in [5.41, 5.74) is 15.9. The Balaban J connectivity index is 1.58. The van der Waals surface area contributed by atoms with Gasteiger partial charge in [-0.05, 0) is 50.2 Å². The highest BCUT2D eigenvalue weighted by Gasteiger charge is 2.38. The Hall–Kier alpha value is -3.47. The van der Waals surface area contributed by atoms with Gasteiger partial charge in [0.1, 0.15) is 5.75 Å². The van der Waals surface area contributed by atoms with Gasteiger partial charge in [-0.3, -0.25) is 5.43 Å². The maximum Gasteiger partial charge on any atom is 0.351 e. The molecule has 10 nitrogen and oxygen atoms in total. The van der Waals surface area contributed by atoms with Crippen LogP contribution in [0.4, 0.5) is 10.5 Å². The van der Waals surface area contributed by atoms with E-state index in [0.717, 1.165) is 22.3 Å². The van der Waals surface area contributed by atoms with Crippen molar-refractivity contribution in [3.63, 3.8) is 0 Å². The van der Waals surface area contributed by atoms with Crippen LogP contribution in [0.25, 0.3) is 10.9 Å². The maximum absolute atomic E-state index is 12.5. The van der Waals surface area contributed by atoms with Gasteiger partial charge >= 0.3 is 12.0 Å². The highest BCUT2D eigenvalue weighted by molar-refractivity contribution is 6.30. The fourth-order valence-corrected chi connectivity index (χ4v) is 3.58. The molecular weight excluding hydrogens is 460 g/mol. The number of methoxy groups -OCH3 is 1. The predicted octanol–water partition coefficient (Wildman–Crippen LogP) is 2.74. The molecule has 6 N–H and O–H groups in total. The van der Waals surface area contributed by atoms with E-state index in [1.54, 1.807) is 18.2 Å². The number of urea groups is 1. The molecule has 182 valence electrons. The second-order valence-corrected chi connectivity index (χ2v) is 8.39. The number of hydrogen-bond acceptors (Lipinski definition) is 7. The van der Waals surface area contributed by atoms with Gasteiger partial charge in [0.05, 0.1) is 19.3 Å². The zero-order valence-electron chi connectivity index (χ0n) is 19.5. The highest BCUT2D eigenvalue weighted by atomic mass is 35.5. The number of nitrogens with two attached hydrogens (primary N) is 1. The lowest BCUT2D eigenvalue weighted by Crippen LogP contribution is -2.55. The second kappa shape index (κ2) is 10.6. The summed E-state index contributed by atoms with van der Waals surface area (Å²) in [5, 5.41) is 4.08. The molecule has 0 bridgehead atoms. The van der Waals surface area contributed by atoms with Crippen LogP contribution >= 0.6 is 11.6 Å². The average molecular weight is 489 g/mol. The molecule has 3 rings (SSSR count). The number of carbonyl (C=O) groups excluding carboxylic acids is 2. The first-order valence-corrected chi connectivity index (χ1v) is 10.9. The number of rotatable bonds is 9. The number of amides is 2. The van der Waals surface area contributed by atoms with Crippen molar-refractivity contribution in [3.8, 4) is 5.75 Å². The molecule has 1 atom stereocenters. The van der Waals surface area contributed by atoms with Crippen molar-refractivity contribution >= 4 is 40.2 Å². The van der Waals surface area contributed by atoms with Crippen molar-refractivity contribution in [3.05, 3.63) is 58.7 Å². The number of esters is 1. The Bertz CT molecular complexity index is 1200. The molecule has 0 aliphatic carbocycles. The Morgan fingerprint density at radius 1 is 1.18 bits per heavy atom. The van der Waals surface area contributed by atoms with Gasteiger partial charge in [0.15, 0.2) is 0 Å². The van der Waals surface area contributed by atoms with Crippen molar-refractivity contribution in [2.75, 3.05) is 19.1 Å². The summed E-state index contributed by atoms with van der Waals surface area (Å²) < 4.78 is 12.9. The van der Waals surface area contributed by atoms with E-state index in [1.165, 1.54) is 14.0 Å². The SMILES string of the molecule is COC(=O)C(C)(CNC(=O)NNNc1ccc2c(c1)cc(C)n2C)Oc1cc(Cl)ccc1CN. The van der Waals surface area contributed by atoms with Crippen LogP contribution in [-0.4, -0.2) is 35.8 Å². The van der Waals surface area contributed by atoms with Gasteiger partial charge in [0.2, 0.25) is 5.60 Å². The number of nitrogens with zero attached hydrogens (tertiary/aromatic N) is 1. The van der Waals surface area contributed by atoms with Crippen LogP contribution in [0.5, 0.6) is 5.75 Å². The number of benzene rings is 2. The minimum atomic E-state index is -1.52. The molecule has 2 amide bonds. The summed E-state index contributed by atoms with van der Waals surface area (Å²) in [7, 11) is 3.24. The molecule has 0 aliphatic heterocycles. The Morgan fingerprint density at radius 3 is 2.65 bits per heavy atom. The van der Waals surface area contributed by atoms with E-state index in [2.05, 4.69) is 32.3 Å². The predicted molar refractivity (Wildman–Crippen MR) is 131 cm³/mol. The number of hydrogen-bond donors (Lipinski definition) is 5. The van der Waals surface area contributed by atoms with Crippen LogP contribution in [-0.2, 0) is 23.1 Å². The Labute approximate surface area is 202 Å². The summed E-state index contributed by atoms with van der Waals surface area (Å²) in [6.07, 6.45) is 0. The van der Waals surface area contributed by atoms with E-state index in [9.17, 15) is 9.59 Å². The van der Waals surface area contributed by atoms with Gasteiger partial charge in [0, 0.05) is 40.8 Å². The lowest BCUT2D eigenvalue weighted by Gasteiger charge is -2.29. The van der Waals surface area contributed by atoms with E-state index in [4.69, 9.17) is 26.8 Å². The Kier molecular flexibility index (Phi) is 7.87. The van der Waals surface area contributed by atoms with Crippen LogP contribution in [0.1, 0.15) is 18.2 Å². The number of carbonyl (C=O) groups is 2. The molecule has 0 spiro atoms. The van der Waals surface area contributed by atoms with E-state index < -0.39 is 17.6 Å². The van der Waals surface area contributed by atoms with Gasteiger partial charge in [-0.15, -0.1) is 5.53 Å². The van der Waals surface area contributed by atoms with Crippen LogP contribution in [0.2, 0.25) is 5.02 Å². The van der Waals surface area contributed by atoms with Gasteiger partial charge in [-0.25, -0.2) is 9.59 Å². The monoisotopic (exact) mass is 488 g/mol. The molecule has 1 aromatic heterocycles. The van der Waals surface area contributed by atoms with Crippen LogP contribution < -0.4 is 32.2 Å². The number of anilines is 1. The highest BCUT2D eigenvalue weighted by Crippen LogP contribution is 2.27. The normalized spacial score (nSPS) is 12.6. The summed E-state index contributed by atoms with van der Waals surface area (Å²) >= 11 is 6.06. The quantitative estimate of drug-likeness (QED) is 0.231. The molecule has 0 radical (unpaired) electrons. The van der Waals surface area contributed by atoms with Gasteiger partial charge in [0.25, 0.3) is 0 Å². The first kappa shape index (κ1) is 25.2. The molecule has 0 saturated heterocycles. The third-order valence-electron chi connectivity index (χ3n) is 5.45. The van der Waals surface area contributed by atoms with Crippen LogP contribution in [0.3, 0.4) is 0 Å². The molecule has 1 unspecified atom stereocenters. The topological polar surface area (TPSA) is 132 Å².